The zero-order valence-electron chi connectivity index (χ0n) is 16.5. The van der Waals surface area contributed by atoms with Crippen LogP contribution in [0.4, 0.5) is 0 Å². The SMILES string of the molecule is CC(=O)c1c(C)[nH]c(C(=O)[C@@H](C)OC(=O)c2cccc(CS(C)(=O)=O)c2)c1C. The molecule has 1 N–H and O–H groups in total. The molecule has 0 spiro atoms. The molecule has 1 atom stereocenters. The minimum atomic E-state index is -3.24. The molecule has 0 bridgehead atoms. The second kappa shape index (κ2) is 8.10. The summed E-state index contributed by atoms with van der Waals surface area (Å²) in [5, 5.41) is 0. The fraction of sp³-hybridized carbons (Fsp3) is 0.350. The molecule has 0 unspecified atom stereocenters. The van der Waals surface area contributed by atoms with Crippen LogP contribution in [-0.2, 0) is 20.3 Å². The summed E-state index contributed by atoms with van der Waals surface area (Å²) >= 11 is 0. The molecule has 0 saturated carbocycles. The molecule has 28 heavy (non-hydrogen) atoms. The lowest BCUT2D eigenvalue weighted by atomic mass is 10.0. The number of rotatable bonds is 7. The summed E-state index contributed by atoms with van der Waals surface area (Å²) in [7, 11) is -3.24. The second-order valence-electron chi connectivity index (χ2n) is 6.86. The highest BCUT2D eigenvalue weighted by molar-refractivity contribution is 7.89. The summed E-state index contributed by atoms with van der Waals surface area (Å²) in [5.74, 6) is -1.53. The molecule has 2 aromatic rings. The Bertz CT molecular complexity index is 1050. The monoisotopic (exact) mass is 405 g/mol. The Hall–Kier alpha value is -2.74. The van der Waals surface area contributed by atoms with Crippen molar-refractivity contribution in [2.24, 2.45) is 0 Å². The fourth-order valence-corrected chi connectivity index (χ4v) is 3.89. The van der Waals surface area contributed by atoms with Crippen LogP contribution in [0.5, 0.6) is 0 Å². The average molecular weight is 405 g/mol. The Morgan fingerprint density at radius 3 is 2.36 bits per heavy atom. The van der Waals surface area contributed by atoms with E-state index in [1.165, 1.54) is 26.0 Å². The molecule has 7 nitrogen and oxygen atoms in total. The minimum Gasteiger partial charge on any atom is -0.451 e. The van der Waals surface area contributed by atoms with Gasteiger partial charge in [0.15, 0.2) is 21.7 Å². The summed E-state index contributed by atoms with van der Waals surface area (Å²) in [4.78, 5) is 39.7. The van der Waals surface area contributed by atoms with Crippen molar-refractivity contribution < 1.29 is 27.5 Å². The van der Waals surface area contributed by atoms with E-state index >= 15 is 0 Å². The van der Waals surface area contributed by atoms with Crippen LogP contribution in [-0.4, -0.2) is 43.3 Å². The average Bonchev–Trinajstić information content (AvgIpc) is 2.87. The maximum atomic E-state index is 12.7. The molecule has 0 saturated heterocycles. The normalized spacial score (nSPS) is 12.5. The summed E-state index contributed by atoms with van der Waals surface area (Å²) in [5.41, 5.74) is 2.40. The number of aromatic amines is 1. The van der Waals surface area contributed by atoms with Gasteiger partial charge < -0.3 is 9.72 Å². The van der Waals surface area contributed by atoms with E-state index in [9.17, 15) is 22.8 Å². The van der Waals surface area contributed by atoms with Gasteiger partial charge in [-0.2, -0.15) is 0 Å². The largest absolute Gasteiger partial charge is 0.451 e. The van der Waals surface area contributed by atoms with E-state index in [2.05, 4.69) is 4.98 Å². The third-order valence-corrected chi connectivity index (χ3v) is 5.14. The zero-order chi connectivity index (χ0) is 21.2. The third kappa shape index (κ3) is 4.95. The standard InChI is InChI=1S/C20H23NO6S/c1-11-17(13(3)22)12(2)21-18(11)19(23)14(4)27-20(24)16-8-6-7-15(9-16)10-28(5,25)26/h6-9,14,21H,10H2,1-5H3/t14-/m1/s1. The summed E-state index contributed by atoms with van der Waals surface area (Å²) in [6, 6.07) is 6.07. The van der Waals surface area contributed by atoms with E-state index in [4.69, 9.17) is 4.74 Å². The highest BCUT2D eigenvalue weighted by Gasteiger charge is 2.26. The second-order valence-corrected chi connectivity index (χ2v) is 9.00. The summed E-state index contributed by atoms with van der Waals surface area (Å²) < 4.78 is 28.1. The number of aryl methyl sites for hydroxylation is 1. The number of carbonyl (C=O) groups excluding carboxylic acids is 3. The van der Waals surface area contributed by atoms with Crippen molar-refractivity contribution in [2.75, 3.05) is 6.26 Å². The molecule has 8 heteroatoms. The predicted octanol–water partition coefficient (Wildman–Crippen LogP) is 2.81. The number of nitrogens with one attached hydrogen (secondary N) is 1. The molecule has 150 valence electrons. The van der Waals surface area contributed by atoms with Crippen LogP contribution in [0.3, 0.4) is 0 Å². The molecule has 0 amide bonds. The fourth-order valence-electron chi connectivity index (χ4n) is 3.10. The van der Waals surface area contributed by atoms with Gasteiger partial charge in [0.05, 0.1) is 17.0 Å². The van der Waals surface area contributed by atoms with Crippen LogP contribution in [0.15, 0.2) is 24.3 Å². The minimum absolute atomic E-state index is 0.155. The molecule has 0 fully saturated rings. The van der Waals surface area contributed by atoms with Crippen molar-refractivity contribution in [3.8, 4) is 0 Å². The number of H-pyrrole nitrogens is 1. The molecular formula is C20H23NO6S. The molecule has 2 rings (SSSR count). The maximum Gasteiger partial charge on any atom is 0.338 e. The molecule has 0 aliphatic carbocycles. The first-order chi connectivity index (χ1) is 12.9. The van der Waals surface area contributed by atoms with Gasteiger partial charge in [-0.05, 0) is 51.0 Å². The molecular weight excluding hydrogens is 382 g/mol. The van der Waals surface area contributed by atoms with Crippen LogP contribution < -0.4 is 0 Å². The van der Waals surface area contributed by atoms with Gasteiger partial charge in [0.1, 0.15) is 0 Å². The van der Waals surface area contributed by atoms with E-state index in [0.717, 1.165) is 6.26 Å². The first-order valence-corrected chi connectivity index (χ1v) is 10.7. The number of aromatic nitrogens is 1. The van der Waals surface area contributed by atoms with Crippen molar-refractivity contribution >= 4 is 27.4 Å². The molecule has 1 heterocycles. The lowest BCUT2D eigenvalue weighted by Gasteiger charge is -2.13. The van der Waals surface area contributed by atoms with Gasteiger partial charge >= 0.3 is 5.97 Å². The zero-order valence-corrected chi connectivity index (χ0v) is 17.3. The van der Waals surface area contributed by atoms with Gasteiger partial charge in [-0.3, -0.25) is 9.59 Å². The van der Waals surface area contributed by atoms with E-state index in [0.29, 0.717) is 22.4 Å². The number of hydrogen-bond acceptors (Lipinski definition) is 6. The number of ether oxygens (including phenoxy) is 1. The Kier molecular flexibility index (Phi) is 6.23. The number of ketones is 2. The van der Waals surface area contributed by atoms with Crippen LogP contribution >= 0.6 is 0 Å². The highest BCUT2D eigenvalue weighted by atomic mass is 32.2. The molecule has 1 aromatic heterocycles. The van der Waals surface area contributed by atoms with Crippen molar-refractivity contribution in [2.45, 2.75) is 39.6 Å². The van der Waals surface area contributed by atoms with Gasteiger partial charge in [0.25, 0.3) is 0 Å². The van der Waals surface area contributed by atoms with Crippen molar-refractivity contribution in [1.29, 1.82) is 0 Å². The third-order valence-electron chi connectivity index (χ3n) is 4.28. The van der Waals surface area contributed by atoms with Crippen molar-refractivity contribution in [3.05, 3.63) is 57.9 Å². The first kappa shape index (κ1) is 21.6. The molecule has 0 aliphatic heterocycles. The van der Waals surface area contributed by atoms with Crippen LogP contribution in [0.2, 0.25) is 0 Å². The summed E-state index contributed by atoms with van der Waals surface area (Å²) in [6.07, 6.45) is 0.0250. The topological polar surface area (TPSA) is 110 Å². The number of Topliss-reactive ketones (excluding diaryl/α,β-unsaturated/α-hetero) is 2. The Morgan fingerprint density at radius 1 is 1.18 bits per heavy atom. The Labute approximate surface area is 164 Å². The van der Waals surface area contributed by atoms with Crippen LogP contribution in [0.25, 0.3) is 0 Å². The van der Waals surface area contributed by atoms with E-state index in [1.54, 1.807) is 26.0 Å². The molecule has 1 aromatic carbocycles. The number of hydrogen-bond donors (Lipinski definition) is 1. The van der Waals surface area contributed by atoms with Gasteiger partial charge in [-0.25, -0.2) is 13.2 Å². The van der Waals surface area contributed by atoms with E-state index < -0.39 is 27.7 Å². The maximum absolute atomic E-state index is 12.7. The summed E-state index contributed by atoms with van der Waals surface area (Å²) in [6.45, 7) is 6.23. The lowest BCUT2D eigenvalue weighted by molar-refractivity contribution is 0.0317. The Morgan fingerprint density at radius 2 is 1.82 bits per heavy atom. The van der Waals surface area contributed by atoms with Crippen molar-refractivity contribution in [1.82, 2.24) is 4.98 Å². The number of sulfone groups is 1. The predicted molar refractivity (Wildman–Crippen MR) is 104 cm³/mol. The van der Waals surface area contributed by atoms with E-state index in [-0.39, 0.29) is 22.8 Å². The molecule has 0 radical (unpaired) electrons. The van der Waals surface area contributed by atoms with Gasteiger partial charge in [0, 0.05) is 17.5 Å². The van der Waals surface area contributed by atoms with Crippen LogP contribution in [0, 0.1) is 13.8 Å². The van der Waals surface area contributed by atoms with E-state index in [1.807, 2.05) is 0 Å². The van der Waals surface area contributed by atoms with Crippen molar-refractivity contribution in [3.63, 3.8) is 0 Å². The first-order valence-electron chi connectivity index (χ1n) is 8.62. The number of benzene rings is 1. The quantitative estimate of drug-likeness (QED) is 0.560. The number of carbonyl (C=O) groups is 3. The molecule has 0 aliphatic rings. The number of esters is 1. The van der Waals surface area contributed by atoms with Gasteiger partial charge in [-0.15, -0.1) is 0 Å². The van der Waals surface area contributed by atoms with Gasteiger partial charge in [-0.1, -0.05) is 12.1 Å². The lowest BCUT2D eigenvalue weighted by Crippen LogP contribution is -2.25. The van der Waals surface area contributed by atoms with Crippen LogP contribution in [0.1, 0.15) is 61.9 Å². The highest BCUT2D eigenvalue weighted by Crippen LogP contribution is 2.21. The van der Waals surface area contributed by atoms with Gasteiger partial charge in [0.2, 0.25) is 5.78 Å². The smallest absolute Gasteiger partial charge is 0.338 e. The Balaban J connectivity index is 2.19.